The van der Waals surface area contributed by atoms with Gasteiger partial charge >= 0.3 is 11.9 Å². The van der Waals surface area contributed by atoms with E-state index in [1.165, 1.54) is 0 Å². The lowest BCUT2D eigenvalue weighted by Gasteiger charge is -2.48. The molecule has 0 bridgehead atoms. The van der Waals surface area contributed by atoms with Crippen LogP contribution in [-0.4, -0.2) is 56.7 Å². The average Bonchev–Trinajstić information content (AvgIpc) is 2.96. The average molecular weight is 609 g/mol. The molecule has 1 aliphatic rings. The Bertz CT molecular complexity index is 1330. The highest BCUT2D eigenvalue weighted by Crippen LogP contribution is 2.41. The summed E-state index contributed by atoms with van der Waals surface area (Å²) in [5.74, 6) is -0.475. The van der Waals surface area contributed by atoms with E-state index in [4.69, 9.17) is 23.4 Å². The lowest BCUT2D eigenvalue weighted by molar-refractivity contribution is -0.200. The van der Waals surface area contributed by atoms with E-state index in [1.54, 1.807) is 48.5 Å². The minimum Gasteiger partial charge on any atom is -0.491 e. The minimum atomic E-state index is -2.47. The maximum atomic E-state index is 13.4. The van der Waals surface area contributed by atoms with Crippen molar-refractivity contribution in [3.05, 3.63) is 102 Å². The molecule has 5 atom stereocenters. The summed E-state index contributed by atoms with van der Waals surface area (Å²) in [5, 5.41) is -0.169. The van der Waals surface area contributed by atoms with Crippen LogP contribution in [0.2, 0.25) is 18.1 Å². The van der Waals surface area contributed by atoms with E-state index in [-0.39, 0.29) is 11.6 Å². The summed E-state index contributed by atoms with van der Waals surface area (Å²) in [5.41, 5.74) is 0.920. The number of rotatable bonds is 9. The minimum absolute atomic E-state index is 0.109. The molecular formula is C33H40O7SSi. The van der Waals surface area contributed by atoms with Crippen molar-refractivity contribution in [1.29, 1.82) is 0 Å². The fourth-order valence-corrected chi connectivity index (χ4v) is 6.00. The number of benzene rings is 3. The first-order valence-corrected chi connectivity index (χ1v) is 17.5. The van der Waals surface area contributed by atoms with Gasteiger partial charge in [-0.25, -0.2) is 9.59 Å². The quantitative estimate of drug-likeness (QED) is 0.161. The molecule has 42 heavy (non-hydrogen) atoms. The Morgan fingerprint density at radius 3 is 1.79 bits per heavy atom. The number of thiol groups is 1. The molecule has 1 heterocycles. The van der Waals surface area contributed by atoms with Gasteiger partial charge in [-0.05, 0) is 61.5 Å². The third-order valence-electron chi connectivity index (χ3n) is 7.79. The molecular weight excluding hydrogens is 569 g/mol. The summed E-state index contributed by atoms with van der Waals surface area (Å²) in [4.78, 5) is 26.7. The van der Waals surface area contributed by atoms with E-state index in [0.29, 0.717) is 16.9 Å². The van der Waals surface area contributed by atoms with Crippen LogP contribution >= 0.6 is 12.6 Å². The fourth-order valence-electron chi connectivity index (χ4n) is 4.29. The lowest BCUT2D eigenvalue weighted by Crippen LogP contribution is -2.64. The summed E-state index contributed by atoms with van der Waals surface area (Å²) in [7, 11) is -2.47. The Kier molecular flexibility index (Phi) is 10.2. The summed E-state index contributed by atoms with van der Waals surface area (Å²) in [6.45, 7) is 12.7. The predicted molar refractivity (Wildman–Crippen MR) is 168 cm³/mol. The van der Waals surface area contributed by atoms with Crippen molar-refractivity contribution in [1.82, 2.24) is 0 Å². The third kappa shape index (κ3) is 7.83. The molecule has 0 saturated carbocycles. The SMILES string of the molecule is Cc1ccc(OC[C@H]2O[C@@H](S)[C@H](OC(=O)c3ccccc3)[C@@H](OC(=O)c3ccccc3)[C@@H]2O[Si](C)(C)C(C)(C)C)cc1. The molecule has 4 rings (SSSR count). The van der Waals surface area contributed by atoms with Crippen LogP contribution in [-0.2, 0) is 18.6 Å². The van der Waals surface area contributed by atoms with E-state index in [2.05, 4.69) is 46.5 Å². The van der Waals surface area contributed by atoms with Crippen LogP contribution in [0.5, 0.6) is 5.75 Å². The van der Waals surface area contributed by atoms with E-state index in [9.17, 15) is 9.59 Å². The molecule has 1 fully saturated rings. The number of ether oxygens (including phenoxy) is 4. The van der Waals surface area contributed by atoms with Crippen LogP contribution in [0.4, 0.5) is 0 Å². The number of aryl methyl sites for hydroxylation is 1. The Morgan fingerprint density at radius 1 is 0.786 bits per heavy atom. The maximum Gasteiger partial charge on any atom is 0.338 e. The Labute approximate surface area is 255 Å². The van der Waals surface area contributed by atoms with Crippen molar-refractivity contribution in [3.63, 3.8) is 0 Å². The highest BCUT2D eigenvalue weighted by Gasteiger charge is 2.53. The zero-order chi connectivity index (χ0) is 30.5. The van der Waals surface area contributed by atoms with Gasteiger partial charge in [0.25, 0.3) is 0 Å². The summed E-state index contributed by atoms with van der Waals surface area (Å²) in [6.07, 6.45) is -3.56. The van der Waals surface area contributed by atoms with Gasteiger partial charge < -0.3 is 23.4 Å². The van der Waals surface area contributed by atoms with Crippen LogP contribution in [0.3, 0.4) is 0 Å². The topological polar surface area (TPSA) is 80.3 Å². The maximum absolute atomic E-state index is 13.4. The number of esters is 2. The first-order valence-electron chi connectivity index (χ1n) is 14.1. The molecule has 0 unspecified atom stereocenters. The van der Waals surface area contributed by atoms with Crippen molar-refractivity contribution >= 4 is 32.9 Å². The molecule has 1 aliphatic heterocycles. The van der Waals surface area contributed by atoms with Gasteiger partial charge in [0.15, 0.2) is 20.5 Å². The van der Waals surface area contributed by atoms with Gasteiger partial charge in [-0.3, -0.25) is 0 Å². The van der Waals surface area contributed by atoms with Crippen LogP contribution in [0.15, 0.2) is 84.9 Å². The van der Waals surface area contributed by atoms with E-state index in [1.807, 2.05) is 43.3 Å². The molecule has 0 radical (unpaired) electrons. The molecule has 7 nitrogen and oxygen atoms in total. The third-order valence-corrected chi connectivity index (χ3v) is 12.7. The predicted octanol–water partition coefficient (Wildman–Crippen LogP) is 6.87. The van der Waals surface area contributed by atoms with Gasteiger partial charge in [-0.15, -0.1) is 12.6 Å². The van der Waals surface area contributed by atoms with Gasteiger partial charge in [0.1, 0.15) is 30.0 Å². The zero-order valence-electron chi connectivity index (χ0n) is 25.0. The second kappa shape index (κ2) is 13.5. The van der Waals surface area contributed by atoms with Crippen LogP contribution < -0.4 is 4.74 Å². The second-order valence-corrected chi connectivity index (χ2v) is 17.3. The molecule has 3 aromatic rings. The highest BCUT2D eigenvalue weighted by molar-refractivity contribution is 7.80. The summed E-state index contributed by atoms with van der Waals surface area (Å²) < 4.78 is 31.5. The number of hydrogen-bond acceptors (Lipinski definition) is 8. The Balaban J connectivity index is 1.71. The van der Waals surface area contributed by atoms with Gasteiger partial charge in [0.05, 0.1) is 11.1 Å². The van der Waals surface area contributed by atoms with Crippen molar-refractivity contribution in [3.8, 4) is 5.75 Å². The van der Waals surface area contributed by atoms with Gasteiger partial charge in [0.2, 0.25) is 0 Å². The highest BCUT2D eigenvalue weighted by atomic mass is 32.1. The van der Waals surface area contributed by atoms with Gasteiger partial charge in [0, 0.05) is 0 Å². The van der Waals surface area contributed by atoms with Gasteiger partial charge in [-0.1, -0.05) is 74.9 Å². The van der Waals surface area contributed by atoms with E-state index < -0.39 is 50.1 Å². The largest absolute Gasteiger partial charge is 0.491 e. The van der Waals surface area contributed by atoms with Crippen molar-refractivity contribution in [2.24, 2.45) is 0 Å². The summed E-state index contributed by atoms with van der Waals surface area (Å²) in [6, 6.07) is 25.0. The molecule has 0 spiro atoms. The smallest absolute Gasteiger partial charge is 0.338 e. The molecule has 1 saturated heterocycles. The second-order valence-electron chi connectivity index (χ2n) is 12.0. The molecule has 0 amide bonds. The van der Waals surface area contributed by atoms with E-state index in [0.717, 1.165) is 5.56 Å². The number of carbonyl (C=O) groups is 2. The van der Waals surface area contributed by atoms with Gasteiger partial charge in [-0.2, -0.15) is 0 Å². The Morgan fingerprint density at radius 2 is 1.29 bits per heavy atom. The number of hydrogen-bond donors (Lipinski definition) is 1. The van der Waals surface area contributed by atoms with Crippen molar-refractivity contribution in [2.45, 2.75) is 75.7 Å². The van der Waals surface area contributed by atoms with Crippen LogP contribution in [0.1, 0.15) is 47.1 Å². The first kappa shape index (κ1) is 31.8. The molecule has 9 heteroatoms. The van der Waals surface area contributed by atoms with Crippen LogP contribution in [0, 0.1) is 6.92 Å². The normalized spacial score (nSPS) is 22.7. The summed E-state index contributed by atoms with van der Waals surface area (Å²) >= 11 is 4.68. The molecule has 0 aromatic heterocycles. The fraction of sp³-hybridized carbons (Fsp3) is 0.394. The monoisotopic (exact) mass is 608 g/mol. The van der Waals surface area contributed by atoms with E-state index >= 15 is 0 Å². The Hall–Kier alpha value is -3.11. The van der Waals surface area contributed by atoms with Crippen LogP contribution in [0.25, 0.3) is 0 Å². The zero-order valence-corrected chi connectivity index (χ0v) is 26.9. The molecule has 0 aliphatic carbocycles. The molecule has 0 N–H and O–H groups in total. The molecule has 3 aromatic carbocycles. The van der Waals surface area contributed by atoms with Crippen molar-refractivity contribution in [2.75, 3.05) is 6.61 Å². The first-order chi connectivity index (χ1) is 19.9. The lowest BCUT2D eigenvalue weighted by atomic mass is 9.99. The van der Waals surface area contributed by atoms with Crippen molar-refractivity contribution < 1.29 is 33.0 Å². The number of carbonyl (C=O) groups excluding carboxylic acids is 2. The molecule has 224 valence electrons. The standard InChI is InChI=1S/C33H40O7SSi/c1-22-17-19-25(20-18-22)36-21-26-27(40-42(5,6)33(2,3)4)28(38-30(34)23-13-9-7-10-14-23)29(32(41)37-26)39-31(35)24-15-11-8-12-16-24/h7-20,26-29,32,41H,21H2,1-6H3/t26-,27-,28+,29-,32+/m1/s1.